The summed E-state index contributed by atoms with van der Waals surface area (Å²) in [6.07, 6.45) is 6.46. The van der Waals surface area contributed by atoms with Crippen molar-refractivity contribution in [3.63, 3.8) is 0 Å². The van der Waals surface area contributed by atoms with Gasteiger partial charge in [-0.25, -0.2) is 4.68 Å². The van der Waals surface area contributed by atoms with Gasteiger partial charge < -0.3 is 10.1 Å². The summed E-state index contributed by atoms with van der Waals surface area (Å²) >= 11 is 0. The number of nitrogens with one attached hydrogen (secondary N) is 1. The average Bonchev–Trinajstić information content (AvgIpc) is 2.95. The highest BCUT2D eigenvalue weighted by molar-refractivity contribution is 5.59. The number of rotatable bonds is 3. The lowest BCUT2D eigenvalue weighted by Gasteiger charge is -2.38. The Hall–Kier alpha value is -1.63. The van der Waals surface area contributed by atoms with E-state index in [2.05, 4.69) is 10.4 Å². The highest BCUT2D eigenvalue weighted by Gasteiger charge is 2.40. The Labute approximate surface area is 123 Å². The van der Waals surface area contributed by atoms with Crippen LogP contribution in [0.2, 0.25) is 0 Å². The maximum absolute atomic E-state index is 11.2. The second-order valence-corrected chi connectivity index (χ2v) is 6.24. The zero-order valence-corrected chi connectivity index (χ0v) is 12.6. The molecule has 3 rings (SSSR count). The van der Waals surface area contributed by atoms with Gasteiger partial charge in [0, 0.05) is 19.7 Å². The molecule has 1 aromatic rings. The Morgan fingerprint density at radius 3 is 2.86 bits per heavy atom. The lowest BCUT2D eigenvalue weighted by Crippen LogP contribution is -2.42. The molecule has 2 fully saturated rings. The van der Waals surface area contributed by atoms with Gasteiger partial charge in [-0.3, -0.25) is 10.1 Å². The van der Waals surface area contributed by atoms with Crippen LogP contribution in [0.25, 0.3) is 0 Å². The van der Waals surface area contributed by atoms with Crippen LogP contribution >= 0.6 is 0 Å². The molecular formula is C14H22N4O3. The third-order valence-corrected chi connectivity index (χ3v) is 4.72. The standard InChI is InChI=1S/C14H22N4O3/c1-10-12(18(19)20)13(17(2)16-10)15-11-5-8-21-14(9-11)6-3-4-7-14/h11,15H,3-9H2,1-2H3. The minimum absolute atomic E-state index is 0.00165. The van der Waals surface area contributed by atoms with Gasteiger partial charge in [0.05, 0.1) is 10.5 Å². The van der Waals surface area contributed by atoms with Gasteiger partial charge in [0.1, 0.15) is 5.69 Å². The Morgan fingerprint density at radius 1 is 1.48 bits per heavy atom. The minimum atomic E-state index is -0.352. The molecule has 1 unspecified atom stereocenters. The lowest BCUT2D eigenvalue weighted by atomic mass is 9.89. The molecule has 0 bridgehead atoms. The highest BCUT2D eigenvalue weighted by Crippen LogP contribution is 2.41. The zero-order chi connectivity index (χ0) is 15.0. The van der Waals surface area contributed by atoms with Gasteiger partial charge in [-0.05, 0) is 32.6 Å². The number of nitro groups is 1. The minimum Gasteiger partial charge on any atom is -0.375 e. The first-order valence-electron chi connectivity index (χ1n) is 7.59. The molecule has 1 aromatic heterocycles. The van der Waals surface area contributed by atoms with E-state index in [1.165, 1.54) is 12.8 Å². The molecule has 1 saturated heterocycles. The molecule has 1 aliphatic carbocycles. The smallest absolute Gasteiger partial charge is 0.333 e. The van der Waals surface area contributed by atoms with Gasteiger partial charge in [0.15, 0.2) is 0 Å². The number of hydrogen-bond acceptors (Lipinski definition) is 5. The molecule has 2 aliphatic rings. The van der Waals surface area contributed by atoms with E-state index in [1.54, 1.807) is 18.7 Å². The molecule has 0 amide bonds. The molecule has 0 radical (unpaired) electrons. The summed E-state index contributed by atoms with van der Waals surface area (Å²) in [5.74, 6) is 0.512. The molecule has 0 aromatic carbocycles. The summed E-state index contributed by atoms with van der Waals surface area (Å²) in [4.78, 5) is 10.9. The maximum atomic E-state index is 11.2. The topological polar surface area (TPSA) is 82.2 Å². The van der Waals surface area contributed by atoms with Crippen molar-refractivity contribution in [3.05, 3.63) is 15.8 Å². The van der Waals surface area contributed by atoms with Crippen molar-refractivity contribution in [1.29, 1.82) is 0 Å². The molecule has 7 heteroatoms. The van der Waals surface area contributed by atoms with Gasteiger partial charge >= 0.3 is 5.69 Å². The number of nitrogens with zero attached hydrogens (tertiary/aromatic N) is 3. The zero-order valence-electron chi connectivity index (χ0n) is 12.6. The molecule has 7 nitrogen and oxygen atoms in total. The molecule has 21 heavy (non-hydrogen) atoms. The largest absolute Gasteiger partial charge is 0.375 e. The van der Waals surface area contributed by atoms with Crippen LogP contribution in [0.4, 0.5) is 11.5 Å². The quantitative estimate of drug-likeness (QED) is 0.684. The first-order chi connectivity index (χ1) is 10.0. The van der Waals surface area contributed by atoms with Crippen LogP contribution in [0.1, 0.15) is 44.2 Å². The number of aromatic nitrogens is 2. The third kappa shape index (κ3) is 2.62. The van der Waals surface area contributed by atoms with Crippen LogP contribution < -0.4 is 5.32 Å². The molecule has 1 aliphatic heterocycles. The molecule has 1 atom stereocenters. The number of anilines is 1. The van der Waals surface area contributed by atoms with E-state index in [1.807, 2.05) is 0 Å². The van der Waals surface area contributed by atoms with Gasteiger partial charge in [0.2, 0.25) is 5.82 Å². The van der Waals surface area contributed by atoms with Crippen LogP contribution in [0, 0.1) is 17.0 Å². The van der Waals surface area contributed by atoms with Crippen LogP contribution in [-0.4, -0.2) is 33.0 Å². The van der Waals surface area contributed by atoms with Crippen LogP contribution in [0.3, 0.4) is 0 Å². The van der Waals surface area contributed by atoms with Gasteiger partial charge in [-0.15, -0.1) is 0 Å². The second-order valence-electron chi connectivity index (χ2n) is 6.24. The van der Waals surface area contributed by atoms with Gasteiger partial charge in [-0.2, -0.15) is 5.10 Å². The van der Waals surface area contributed by atoms with Crippen molar-refractivity contribution < 1.29 is 9.66 Å². The molecule has 1 saturated carbocycles. The molecule has 1 N–H and O–H groups in total. The Balaban J connectivity index is 1.79. The predicted octanol–water partition coefficient (Wildman–Crippen LogP) is 2.54. The van der Waals surface area contributed by atoms with E-state index >= 15 is 0 Å². The van der Waals surface area contributed by atoms with Gasteiger partial charge in [-0.1, -0.05) is 12.8 Å². The number of ether oxygens (including phenoxy) is 1. The first kappa shape index (κ1) is 14.3. The Morgan fingerprint density at radius 2 is 2.19 bits per heavy atom. The predicted molar refractivity (Wildman–Crippen MR) is 78.4 cm³/mol. The van der Waals surface area contributed by atoms with Crippen molar-refractivity contribution in [2.45, 2.75) is 57.1 Å². The van der Waals surface area contributed by atoms with Crippen molar-refractivity contribution in [3.8, 4) is 0 Å². The summed E-state index contributed by atoms with van der Waals surface area (Å²) < 4.78 is 7.58. The fraction of sp³-hybridized carbons (Fsp3) is 0.786. The summed E-state index contributed by atoms with van der Waals surface area (Å²) in [7, 11) is 1.74. The van der Waals surface area contributed by atoms with Crippen LogP contribution in [-0.2, 0) is 11.8 Å². The number of hydrogen-bond donors (Lipinski definition) is 1. The molecular weight excluding hydrogens is 272 g/mol. The lowest BCUT2D eigenvalue weighted by molar-refractivity contribution is -0.384. The second kappa shape index (κ2) is 5.29. The van der Waals surface area contributed by atoms with E-state index in [0.29, 0.717) is 11.5 Å². The first-order valence-corrected chi connectivity index (χ1v) is 7.59. The summed E-state index contributed by atoms with van der Waals surface area (Å²) in [5, 5.41) is 18.8. The monoisotopic (exact) mass is 294 g/mol. The van der Waals surface area contributed by atoms with E-state index < -0.39 is 0 Å². The van der Waals surface area contributed by atoms with Crippen LogP contribution in [0.5, 0.6) is 0 Å². The fourth-order valence-electron chi connectivity index (χ4n) is 3.74. The van der Waals surface area contributed by atoms with Crippen molar-refractivity contribution in [1.82, 2.24) is 9.78 Å². The summed E-state index contributed by atoms with van der Waals surface area (Å²) in [6, 6.07) is 0.213. The van der Waals surface area contributed by atoms with Crippen molar-refractivity contribution >= 4 is 11.5 Å². The van der Waals surface area contributed by atoms with Crippen molar-refractivity contribution in [2.24, 2.45) is 7.05 Å². The van der Waals surface area contributed by atoms with E-state index in [-0.39, 0.29) is 22.3 Å². The van der Waals surface area contributed by atoms with Gasteiger partial charge in [0.25, 0.3) is 0 Å². The SMILES string of the molecule is Cc1nn(C)c(NC2CCOC3(CCCC3)C2)c1[N+](=O)[O-]. The molecule has 2 heterocycles. The average molecular weight is 294 g/mol. The Bertz CT molecular complexity index is 549. The van der Waals surface area contributed by atoms with E-state index in [4.69, 9.17) is 4.74 Å². The highest BCUT2D eigenvalue weighted by atomic mass is 16.6. The van der Waals surface area contributed by atoms with E-state index in [9.17, 15) is 10.1 Å². The summed E-state index contributed by atoms with van der Waals surface area (Å²) in [6.45, 7) is 2.40. The normalized spacial score (nSPS) is 24.4. The number of aryl methyl sites for hydroxylation is 2. The fourth-order valence-corrected chi connectivity index (χ4v) is 3.74. The molecule has 1 spiro atoms. The summed E-state index contributed by atoms with van der Waals surface area (Å²) in [5.41, 5.74) is 0.537. The maximum Gasteiger partial charge on any atom is 0.333 e. The Kier molecular flexibility index (Phi) is 3.61. The van der Waals surface area contributed by atoms with Crippen LogP contribution in [0.15, 0.2) is 0 Å². The molecule has 116 valence electrons. The third-order valence-electron chi connectivity index (χ3n) is 4.72. The van der Waals surface area contributed by atoms with E-state index in [0.717, 1.165) is 32.3 Å². The van der Waals surface area contributed by atoms with Crippen molar-refractivity contribution in [2.75, 3.05) is 11.9 Å².